The molecule has 0 radical (unpaired) electrons. The fraction of sp³-hybridized carbons (Fsp3) is 0.0952. The number of aryl methyl sites for hydroxylation is 1. The lowest BCUT2D eigenvalue weighted by Gasteiger charge is -2.33. The van der Waals surface area contributed by atoms with Gasteiger partial charge in [0.2, 0.25) is 0 Å². The number of amides is 1. The van der Waals surface area contributed by atoms with E-state index in [4.69, 9.17) is 11.6 Å². The molecule has 0 saturated carbocycles. The van der Waals surface area contributed by atoms with Crippen LogP contribution in [0.5, 0.6) is 0 Å². The molecule has 0 spiro atoms. The van der Waals surface area contributed by atoms with E-state index >= 15 is 0 Å². The maximum absolute atomic E-state index is 12.7. The van der Waals surface area contributed by atoms with Gasteiger partial charge in [0.1, 0.15) is 5.54 Å². The SMILES string of the molecule is Cc1ccccc1[C@@]1(c2ccc(Cl)cc2)NC(=O)c2ccccc21. The van der Waals surface area contributed by atoms with Crippen LogP contribution in [0.15, 0.2) is 72.8 Å². The molecule has 3 heteroatoms. The summed E-state index contributed by atoms with van der Waals surface area (Å²) in [6.07, 6.45) is 0. The maximum atomic E-state index is 12.7. The van der Waals surface area contributed by atoms with Crippen molar-refractivity contribution in [3.8, 4) is 0 Å². The van der Waals surface area contributed by atoms with E-state index in [1.54, 1.807) is 0 Å². The number of benzene rings is 3. The Balaban J connectivity index is 2.08. The van der Waals surface area contributed by atoms with Gasteiger partial charge in [0, 0.05) is 10.6 Å². The first-order valence-corrected chi connectivity index (χ1v) is 8.25. The summed E-state index contributed by atoms with van der Waals surface area (Å²) in [7, 11) is 0. The van der Waals surface area contributed by atoms with Crippen molar-refractivity contribution in [2.75, 3.05) is 0 Å². The number of halogens is 1. The minimum atomic E-state index is -0.691. The van der Waals surface area contributed by atoms with Crippen molar-refractivity contribution in [1.82, 2.24) is 5.32 Å². The second kappa shape index (κ2) is 5.50. The molecule has 1 amide bonds. The van der Waals surface area contributed by atoms with Crippen LogP contribution in [0.2, 0.25) is 5.02 Å². The van der Waals surface area contributed by atoms with Crippen LogP contribution in [-0.4, -0.2) is 5.91 Å². The topological polar surface area (TPSA) is 29.1 Å². The standard InChI is InChI=1S/C21H16ClNO/c1-14-6-2-4-8-18(14)21(15-10-12-16(22)13-11-15)19-9-5-3-7-17(19)20(24)23-21/h2-13H,1H3,(H,23,24)/t21-/m1/s1. The minimum absolute atomic E-state index is 0.0520. The molecule has 0 fully saturated rings. The third-order valence-electron chi connectivity index (χ3n) is 4.70. The molecule has 0 unspecified atom stereocenters. The lowest BCUT2D eigenvalue weighted by molar-refractivity contribution is 0.0948. The predicted octanol–water partition coefficient (Wildman–Crippen LogP) is 4.68. The van der Waals surface area contributed by atoms with Gasteiger partial charge in [0.25, 0.3) is 5.91 Å². The van der Waals surface area contributed by atoms with Gasteiger partial charge in [-0.25, -0.2) is 0 Å². The summed E-state index contributed by atoms with van der Waals surface area (Å²) in [6, 6.07) is 23.6. The van der Waals surface area contributed by atoms with E-state index < -0.39 is 5.54 Å². The van der Waals surface area contributed by atoms with Crippen LogP contribution in [0, 0.1) is 6.92 Å². The molecule has 0 saturated heterocycles. The van der Waals surface area contributed by atoms with Crippen LogP contribution in [-0.2, 0) is 5.54 Å². The zero-order valence-electron chi connectivity index (χ0n) is 13.2. The molecule has 4 rings (SSSR count). The first kappa shape index (κ1) is 15.0. The molecule has 1 heterocycles. The number of rotatable bonds is 2. The Kier molecular flexibility index (Phi) is 3.43. The van der Waals surface area contributed by atoms with E-state index in [-0.39, 0.29) is 5.91 Å². The third kappa shape index (κ3) is 2.07. The first-order valence-electron chi connectivity index (χ1n) is 7.87. The van der Waals surface area contributed by atoms with Gasteiger partial charge >= 0.3 is 0 Å². The van der Waals surface area contributed by atoms with Crippen molar-refractivity contribution in [2.45, 2.75) is 12.5 Å². The molecular weight excluding hydrogens is 318 g/mol. The third-order valence-corrected chi connectivity index (χ3v) is 4.96. The quantitative estimate of drug-likeness (QED) is 0.724. The van der Waals surface area contributed by atoms with Crippen LogP contribution >= 0.6 is 11.6 Å². The van der Waals surface area contributed by atoms with E-state index in [9.17, 15) is 4.79 Å². The van der Waals surface area contributed by atoms with Crippen molar-refractivity contribution in [3.05, 3.63) is 106 Å². The summed E-state index contributed by atoms with van der Waals surface area (Å²) in [5, 5.41) is 3.92. The second-order valence-electron chi connectivity index (χ2n) is 6.07. The number of hydrogen-bond donors (Lipinski definition) is 1. The first-order chi connectivity index (χ1) is 11.6. The van der Waals surface area contributed by atoms with Gasteiger partial charge in [0.15, 0.2) is 0 Å². The van der Waals surface area contributed by atoms with Crippen molar-refractivity contribution in [1.29, 1.82) is 0 Å². The highest BCUT2D eigenvalue weighted by atomic mass is 35.5. The molecule has 0 bridgehead atoms. The Morgan fingerprint density at radius 2 is 1.46 bits per heavy atom. The molecule has 0 aliphatic carbocycles. The summed E-state index contributed by atoms with van der Waals surface area (Å²) in [5.74, 6) is -0.0520. The maximum Gasteiger partial charge on any atom is 0.252 e. The summed E-state index contributed by atoms with van der Waals surface area (Å²) in [5.41, 5.74) is 4.21. The number of fused-ring (bicyclic) bond motifs is 1. The molecule has 0 aromatic heterocycles. The highest BCUT2D eigenvalue weighted by Crippen LogP contribution is 2.43. The fourth-order valence-electron chi connectivity index (χ4n) is 3.60. The minimum Gasteiger partial charge on any atom is -0.334 e. The average molecular weight is 334 g/mol. The molecule has 1 aliphatic heterocycles. The highest BCUT2D eigenvalue weighted by Gasteiger charge is 2.46. The Bertz CT molecular complexity index is 933. The molecule has 2 nitrogen and oxygen atoms in total. The van der Waals surface area contributed by atoms with Crippen LogP contribution in [0.25, 0.3) is 0 Å². The van der Waals surface area contributed by atoms with Crippen molar-refractivity contribution < 1.29 is 4.79 Å². The van der Waals surface area contributed by atoms with E-state index in [1.807, 2.05) is 60.7 Å². The zero-order valence-corrected chi connectivity index (χ0v) is 14.0. The molecule has 3 aromatic carbocycles. The van der Waals surface area contributed by atoms with E-state index in [0.717, 1.165) is 27.8 Å². The molecular formula is C21H16ClNO. The predicted molar refractivity (Wildman–Crippen MR) is 96.4 cm³/mol. The van der Waals surface area contributed by atoms with Gasteiger partial charge < -0.3 is 5.32 Å². The number of carbonyl (C=O) groups excluding carboxylic acids is 1. The Hall–Kier alpha value is -2.58. The molecule has 1 aliphatic rings. The molecule has 24 heavy (non-hydrogen) atoms. The van der Waals surface area contributed by atoms with Crippen molar-refractivity contribution in [3.63, 3.8) is 0 Å². The Morgan fingerprint density at radius 1 is 0.833 bits per heavy atom. The van der Waals surface area contributed by atoms with Crippen LogP contribution in [0.1, 0.15) is 32.6 Å². The van der Waals surface area contributed by atoms with Crippen LogP contribution in [0.3, 0.4) is 0 Å². The lowest BCUT2D eigenvalue weighted by Crippen LogP contribution is -2.42. The van der Waals surface area contributed by atoms with E-state index in [1.165, 1.54) is 0 Å². The zero-order chi connectivity index (χ0) is 16.7. The largest absolute Gasteiger partial charge is 0.334 e. The van der Waals surface area contributed by atoms with Gasteiger partial charge in [-0.1, -0.05) is 66.2 Å². The monoisotopic (exact) mass is 333 g/mol. The van der Waals surface area contributed by atoms with Gasteiger partial charge in [-0.05, 0) is 47.4 Å². The fourth-order valence-corrected chi connectivity index (χ4v) is 3.73. The van der Waals surface area contributed by atoms with Gasteiger partial charge in [-0.2, -0.15) is 0 Å². The summed E-state index contributed by atoms with van der Waals surface area (Å²) in [4.78, 5) is 12.7. The van der Waals surface area contributed by atoms with Gasteiger partial charge in [-0.15, -0.1) is 0 Å². The smallest absolute Gasteiger partial charge is 0.252 e. The summed E-state index contributed by atoms with van der Waals surface area (Å²) >= 11 is 6.08. The average Bonchev–Trinajstić information content (AvgIpc) is 2.90. The summed E-state index contributed by atoms with van der Waals surface area (Å²) in [6.45, 7) is 2.07. The normalized spacial score (nSPS) is 19.0. The molecule has 118 valence electrons. The van der Waals surface area contributed by atoms with Crippen molar-refractivity contribution in [2.24, 2.45) is 0 Å². The van der Waals surface area contributed by atoms with Crippen LogP contribution < -0.4 is 5.32 Å². The van der Waals surface area contributed by atoms with E-state index in [0.29, 0.717) is 5.02 Å². The van der Waals surface area contributed by atoms with Gasteiger partial charge in [0.05, 0.1) is 0 Å². The number of nitrogens with one attached hydrogen (secondary N) is 1. The molecule has 1 atom stereocenters. The summed E-state index contributed by atoms with van der Waals surface area (Å²) < 4.78 is 0. The van der Waals surface area contributed by atoms with Gasteiger partial charge in [-0.3, -0.25) is 4.79 Å². The number of carbonyl (C=O) groups is 1. The highest BCUT2D eigenvalue weighted by molar-refractivity contribution is 6.30. The Morgan fingerprint density at radius 3 is 2.17 bits per heavy atom. The lowest BCUT2D eigenvalue weighted by atomic mass is 9.76. The second-order valence-corrected chi connectivity index (χ2v) is 6.51. The van der Waals surface area contributed by atoms with E-state index in [2.05, 4.69) is 24.4 Å². The molecule has 3 aromatic rings. The van der Waals surface area contributed by atoms with Crippen molar-refractivity contribution >= 4 is 17.5 Å². The van der Waals surface area contributed by atoms with Crippen LogP contribution in [0.4, 0.5) is 0 Å². The number of hydrogen-bond acceptors (Lipinski definition) is 1. The Labute approximate surface area is 146 Å². The molecule has 1 N–H and O–H groups in total.